The van der Waals surface area contributed by atoms with Gasteiger partial charge in [-0.3, -0.25) is 25.0 Å². The first-order chi connectivity index (χ1) is 19.4. The van der Waals surface area contributed by atoms with E-state index in [9.17, 15) is 19.7 Å². The number of hydrogen-bond acceptors (Lipinski definition) is 10. The molecule has 0 radical (unpaired) electrons. The number of hydrazone groups is 1. The highest BCUT2D eigenvalue weighted by Gasteiger charge is 2.14. The van der Waals surface area contributed by atoms with Crippen molar-refractivity contribution in [1.29, 1.82) is 0 Å². The van der Waals surface area contributed by atoms with Crippen LogP contribution in [-0.2, 0) is 11.2 Å². The molecule has 2 amide bonds. The topological polar surface area (TPSA) is 158 Å². The zero-order valence-electron chi connectivity index (χ0n) is 21.3. The zero-order valence-corrected chi connectivity index (χ0v) is 22.1. The first-order valence-corrected chi connectivity index (χ1v) is 12.8. The lowest BCUT2D eigenvalue weighted by atomic mass is 10.1. The summed E-state index contributed by atoms with van der Waals surface area (Å²) in [7, 11) is 0. The summed E-state index contributed by atoms with van der Waals surface area (Å²) >= 11 is 1.06. The highest BCUT2D eigenvalue weighted by Crippen LogP contribution is 2.23. The van der Waals surface area contributed by atoms with Gasteiger partial charge in [0.15, 0.2) is 0 Å². The Balaban J connectivity index is 1.31. The van der Waals surface area contributed by atoms with Crippen LogP contribution in [0.3, 0.4) is 0 Å². The van der Waals surface area contributed by atoms with E-state index < -0.39 is 10.8 Å². The normalized spacial score (nSPS) is 10.7. The second-order valence-corrected chi connectivity index (χ2v) is 9.29. The lowest BCUT2D eigenvalue weighted by Crippen LogP contribution is -2.19. The van der Waals surface area contributed by atoms with Gasteiger partial charge in [-0.15, -0.1) is 10.2 Å². The predicted molar refractivity (Wildman–Crippen MR) is 149 cm³/mol. The number of amides is 2. The van der Waals surface area contributed by atoms with E-state index >= 15 is 0 Å². The SMILES string of the molecule is Cc1ccccc1C(=O)Nc1nnc(CC(=O)N/N=C\c2cc([N+](=O)[O-])ccc2OCCOc2ccccc2)s1. The quantitative estimate of drug-likeness (QED) is 0.113. The molecule has 0 aliphatic carbocycles. The van der Waals surface area contributed by atoms with Gasteiger partial charge in [-0.25, -0.2) is 5.43 Å². The summed E-state index contributed by atoms with van der Waals surface area (Å²) in [6, 6.07) is 20.4. The molecule has 0 unspecified atom stereocenters. The lowest BCUT2D eigenvalue weighted by Gasteiger charge is -2.10. The number of nitro benzene ring substituents is 1. The number of nitrogens with zero attached hydrogens (tertiary/aromatic N) is 4. The van der Waals surface area contributed by atoms with Gasteiger partial charge in [-0.05, 0) is 36.8 Å². The van der Waals surface area contributed by atoms with Crippen molar-refractivity contribution < 1.29 is 24.0 Å². The van der Waals surface area contributed by atoms with Crippen molar-refractivity contribution in [3.05, 3.63) is 105 Å². The third-order valence-electron chi connectivity index (χ3n) is 5.34. The monoisotopic (exact) mass is 560 g/mol. The Hall–Kier alpha value is -5.17. The van der Waals surface area contributed by atoms with Crippen LogP contribution in [0.5, 0.6) is 11.5 Å². The fraction of sp³-hybridized carbons (Fsp3) is 0.148. The van der Waals surface area contributed by atoms with E-state index in [0.29, 0.717) is 27.6 Å². The maximum atomic E-state index is 12.5. The summed E-state index contributed by atoms with van der Waals surface area (Å²) < 4.78 is 11.3. The molecular weight excluding hydrogens is 536 g/mol. The number of anilines is 1. The molecule has 0 atom stereocenters. The molecule has 12 nitrogen and oxygen atoms in total. The standard InChI is InChI=1S/C27H24N6O6S/c1-18-7-5-6-10-22(18)26(35)29-27-32-31-25(40-27)16-24(34)30-28-17-19-15-20(33(36)37)11-12-23(19)39-14-13-38-21-8-3-2-4-9-21/h2-12,15,17H,13-14,16H2,1H3,(H,30,34)(H,29,32,35)/b28-17-. The molecular formula is C27H24N6O6S. The maximum absolute atomic E-state index is 12.5. The van der Waals surface area contributed by atoms with E-state index in [1.54, 1.807) is 12.1 Å². The van der Waals surface area contributed by atoms with Crippen molar-refractivity contribution in [2.45, 2.75) is 13.3 Å². The molecule has 0 saturated heterocycles. The molecule has 0 spiro atoms. The zero-order chi connectivity index (χ0) is 28.3. The van der Waals surface area contributed by atoms with Crippen molar-refractivity contribution in [3.63, 3.8) is 0 Å². The van der Waals surface area contributed by atoms with Gasteiger partial charge in [0.25, 0.3) is 11.6 Å². The van der Waals surface area contributed by atoms with E-state index in [-0.39, 0.29) is 36.4 Å². The number of hydrogen-bond donors (Lipinski definition) is 2. The number of non-ortho nitro benzene ring substituents is 1. The molecule has 3 aromatic carbocycles. The highest BCUT2D eigenvalue weighted by molar-refractivity contribution is 7.15. The molecule has 1 heterocycles. The summed E-state index contributed by atoms with van der Waals surface area (Å²) in [6.45, 7) is 2.26. The minimum Gasteiger partial charge on any atom is -0.490 e. The molecule has 0 bridgehead atoms. The fourth-order valence-electron chi connectivity index (χ4n) is 3.43. The van der Waals surface area contributed by atoms with Gasteiger partial charge in [-0.2, -0.15) is 5.10 Å². The molecule has 13 heteroatoms. The molecule has 40 heavy (non-hydrogen) atoms. The van der Waals surface area contributed by atoms with Crippen molar-refractivity contribution >= 4 is 40.2 Å². The number of carbonyl (C=O) groups excluding carboxylic acids is 2. The lowest BCUT2D eigenvalue weighted by molar-refractivity contribution is -0.384. The van der Waals surface area contributed by atoms with Crippen molar-refractivity contribution in [1.82, 2.24) is 15.6 Å². The molecule has 0 aliphatic heterocycles. The first kappa shape index (κ1) is 27.9. The Labute approximate surface area is 232 Å². The summed E-state index contributed by atoms with van der Waals surface area (Å²) in [5, 5.41) is 26.3. The number of nitro groups is 1. The van der Waals surface area contributed by atoms with Crippen molar-refractivity contribution in [2.24, 2.45) is 5.10 Å². The molecule has 1 aromatic heterocycles. The molecule has 4 rings (SSSR count). The van der Waals surface area contributed by atoms with Gasteiger partial charge in [0, 0.05) is 23.3 Å². The van der Waals surface area contributed by atoms with Crippen LogP contribution in [0.4, 0.5) is 10.8 Å². The predicted octanol–water partition coefficient (Wildman–Crippen LogP) is 4.16. The summed E-state index contributed by atoms with van der Waals surface area (Å²) in [6.07, 6.45) is 1.12. The number of nitrogens with one attached hydrogen (secondary N) is 2. The molecule has 2 N–H and O–H groups in total. The van der Waals surface area contributed by atoms with E-state index in [1.807, 2.05) is 49.4 Å². The number of aryl methyl sites for hydroxylation is 1. The molecule has 0 aliphatic rings. The van der Waals surface area contributed by atoms with Crippen molar-refractivity contribution in [2.75, 3.05) is 18.5 Å². The summed E-state index contributed by atoms with van der Waals surface area (Å²) in [5.41, 5.74) is 3.83. The van der Waals surface area contributed by atoms with E-state index in [4.69, 9.17) is 9.47 Å². The molecule has 4 aromatic rings. The van der Waals surface area contributed by atoms with Crippen LogP contribution < -0.4 is 20.2 Å². The van der Waals surface area contributed by atoms with Gasteiger partial charge >= 0.3 is 0 Å². The number of carbonyl (C=O) groups is 2. The van der Waals surface area contributed by atoms with Crippen LogP contribution in [-0.4, -0.2) is 46.4 Å². The number of ether oxygens (including phenoxy) is 2. The Morgan fingerprint density at radius 2 is 1.77 bits per heavy atom. The average Bonchev–Trinajstić information content (AvgIpc) is 3.38. The third-order valence-corrected chi connectivity index (χ3v) is 6.18. The number of rotatable bonds is 12. The van der Waals surface area contributed by atoms with Crippen molar-refractivity contribution in [3.8, 4) is 11.5 Å². The van der Waals surface area contributed by atoms with Gasteiger partial charge in [0.05, 0.1) is 17.6 Å². The minimum absolute atomic E-state index is 0.135. The molecule has 204 valence electrons. The minimum atomic E-state index is -0.539. The molecule has 0 saturated carbocycles. The van der Waals surface area contributed by atoms with Crippen LogP contribution >= 0.6 is 11.3 Å². The highest BCUT2D eigenvalue weighted by atomic mass is 32.1. The van der Waals surface area contributed by atoms with Crippen LogP contribution in [0.25, 0.3) is 0 Å². The van der Waals surface area contributed by atoms with Gasteiger partial charge < -0.3 is 9.47 Å². The van der Waals surface area contributed by atoms with Crippen LogP contribution in [0.1, 0.15) is 26.5 Å². The average molecular weight is 561 g/mol. The third kappa shape index (κ3) is 7.91. The maximum Gasteiger partial charge on any atom is 0.270 e. The van der Waals surface area contributed by atoms with Crippen LogP contribution in [0.2, 0.25) is 0 Å². The van der Waals surface area contributed by atoms with E-state index in [2.05, 4.69) is 26.0 Å². The van der Waals surface area contributed by atoms with E-state index in [0.717, 1.165) is 16.9 Å². The van der Waals surface area contributed by atoms with Crippen LogP contribution in [0.15, 0.2) is 77.9 Å². The Bertz CT molecular complexity index is 1520. The number of aromatic nitrogens is 2. The number of benzene rings is 3. The summed E-state index contributed by atoms with van der Waals surface area (Å²) in [4.78, 5) is 35.5. The largest absolute Gasteiger partial charge is 0.490 e. The Kier molecular flexibility index (Phi) is 9.45. The second-order valence-electron chi connectivity index (χ2n) is 8.23. The van der Waals surface area contributed by atoms with Gasteiger partial charge in [-0.1, -0.05) is 47.7 Å². The summed E-state index contributed by atoms with van der Waals surface area (Å²) in [5.74, 6) is 0.207. The Morgan fingerprint density at radius 3 is 2.55 bits per heavy atom. The first-order valence-electron chi connectivity index (χ1n) is 12.0. The van der Waals surface area contributed by atoms with E-state index in [1.165, 1.54) is 24.4 Å². The Morgan fingerprint density at radius 1 is 1.02 bits per heavy atom. The molecule has 0 fully saturated rings. The van der Waals surface area contributed by atoms with Gasteiger partial charge in [0.2, 0.25) is 11.0 Å². The second kappa shape index (κ2) is 13.6. The fourth-order valence-corrected chi connectivity index (χ4v) is 4.16. The van der Waals surface area contributed by atoms with Gasteiger partial charge in [0.1, 0.15) is 29.7 Å². The smallest absolute Gasteiger partial charge is 0.270 e. The number of para-hydroxylation sites is 1. The van der Waals surface area contributed by atoms with Crippen LogP contribution in [0, 0.1) is 17.0 Å².